The second-order valence-electron chi connectivity index (χ2n) is 6.32. The third-order valence-corrected chi connectivity index (χ3v) is 3.65. The van der Waals surface area contributed by atoms with Crippen molar-refractivity contribution < 1.29 is 18.3 Å². The molecule has 0 radical (unpaired) electrons. The summed E-state index contributed by atoms with van der Waals surface area (Å²) in [7, 11) is 0. The third-order valence-electron chi connectivity index (χ3n) is 3.65. The number of carbonyl (C=O) groups excluding carboxylic acids is 1. The van der Waals surface area contributed by atoms with E-state index in [4.69, 9.17) is 4.74 Å². The Morgan fingerprint density at radius 1 is 1.21 bits per heavy atom. The first-order chi connectivity index (χ1) is 8.69. The maximum Gasteiger partial charge on any atom is 0.410 e. The number of hydrogen-bond acceptors (Lipinski definition) is 3. The molecule has 1 unspecified atom stereocenters. The molecule has 0 bridgehead atoms. The van der Waals surface area contributed by atoms with Crippen molar-refractivity contribution in [1.82, 2.24) is 9.80 Å². The second-order valence-corrected chi connectivity index (χ2v) is 6.32. The summed E-state index contributed by atoms with van der Waals surface area (Å²) in [5, 5.41) is 0. The topological polar surface area (TPSA) is 32.8 Å². The highest BCUT2D eigenvalue weighted by Gasteiger charge is 2.51. The van der Waals surface area contributed by atoms with Gasteiger partial charge in [0.1, 0.15) is 5.60 Å². The van der Waals surface area contributed by atoms with Gasteiger partial charge in [-0.2, -0.15) is 0 Å². The Balaban J connectivity index is 1.81. The van der Waals surface area contributed by atoms with E-state index in [1.54, 1.807) is 9.80 Å². The molecule has 0 aromatic rings. The molecule has 6 heteroatoms. The molecule has 110 valence electrons. The fraction of sp³-hybridized carbons (Fsp3) is 0.923. The largest absolute Gasteiger partial charge is 0.444 e. The van der Waals surface area contributed by atoms with Crippen LogP contribution in [-0.2, 0) is 4.74 Å². The summed E-state index contributed by atoms with van der Waals surface area (Å²) in [6, 6.07) is -0.631. The van der Waals surface area contributed by atoms with Gasteiger partial charge in [-0.05, 0) is 27.2 Å². The zero-order valence-corrected chi connectivity index (χ0v) is 11.8. The van der Waals surface area contributed by atoms with E-state index in [2.05, 4.69) is 0 Å². The van der Waals surface area contributed by atoms with Gasteiger partial charge in [-0.1, -0.05) is 0 Å². The average Bonchev–Trinajstić information content (AvgIpc) is 2.26. The van der Waals surface area contributed by atoms with E-state index in [0.717, 1.165) is 0 Å². The number of alkyl halides is 2. The van der Waals surface area contributed by atoms with Gasteiger partial charge in [-0.25, -0.2) is 13.6 Å². The standard InChI is InChI=1S/C13H22F2N2O2/c1-12(2,3)19-11(18)17-8-6-16(7-9-17)10-4-5-13(10,14)15/h10H,4-9H2,1-3H3. The van der Waals surface area contributed by atoms with Crippen LogP contribution >= 0.6 is 0 Å². The van der Waals surface area contributed by atoms with Gasteiger partial charge in [-0.15, -0.1) is 0 Å². The lowest BCUT2D eigenvalue weighted by molar-refractivity contribution is -0.154. The van der Waals surface area contributed by atoms with Gasteiger partial charge in [0, 0.05) is 32.6 Å². The number of rotatable bonds is 1. The molecule has 4 nitrogen and oxygen atoms in total. The number of ether oxygens (including phenoxy) is 1. The first kappa shape index (κ1) is 14.5. The molecule has 0 aromatic heterocycles. The Kier molecular flexibility index (Phi) is 3.73. The van der Waals surface area contributed by atoms with Gasteiger partial charge in [0.25, 0.3) is 5.92 Å². The fourth-order valence-electron chi connectivity index (χ4n) is 2.48. The Bertz CT molecular complexity index is 347. The van der Waals surface area contributed by atoms with Crippen LogP contribution in [0.15, 0.2) is 0 Å². The van der Waals surface area contributed by atoms with Crippen LogP contribution in [0.5, 0.6) is 0 Å². The van der Waals surface area contributed by atoms with Gasteiger partial charge in [-0.3, -0.25) is 4.90 Å². The summed E-state index contributed by atoms with van der Waals surface area (Å²) in [4.78, 5) is 15.2. The highest BCUT2D eigenvalue weighted by atomic mass is 19.3. The summed E-state index contributed by atoms with van der Waals surface area (Å²) in [5.74, 6) is -2.55. The van der Waals surface area contributed by atoms with Crippen molar-refractivity contribution in [2.45, 2.75) is 51.2 Å². The van der Waals surface area contributed by atoms with Crippen LogP contribution in [0.4, 0.5) is 13.6 Å². The molecule has 1 atom stereocenters. The molecular formula is C13H22F2N2O2. The maximum absolute atomic E-state index is 13.3. The molecule has 1 saturated heterocycles. The average molecular weight is 276 g/mol. The predicted molar refractivity (Wildman–Crippen MR) is 67.3 cm³/mol. The smallest absolute Gasteiger partial charge is 0.410 e. The van der Waals surface area contributed by atoms with Crippen LogP contribution in [0, 0.1) is 0 Å². The van der Waals surface area contributed by atoms with Crippen molar-refractivity contribution in [3.8, 4) is 0 Å². The number of hydrogen-bond donors (Lipinski definition) is 0. The third kappa shape index (κ3) is 3.35. The van der Waals surface area contributed by atoms with E-state index in [9.17, 15) is 13.6 Å². The Morgan fingerprint density at radius 3 is 2.16 bits per heavy atom. The molecule has 0 spiro atoms. The van der Waals surface area contributed by atoms with E-state index in [1.165, 1.54) is 0 Å². The van der Waals surface area contributed by atoms with E-state index in [0.29, 0.717) is 32.6 Å². The van der Waals surface area contributed by atoms with Crippen LogP contribution in [0.1, 0.15) is 33.6 Å². The van der Waals surface area contributed by atoms with Crippen LogP contribution in [-0.4, -0.2) is 59.6 Å². The molecule has 2 aliphatic rings. The normalized spacial score (nSPS) is 27.8. The molecule has 1 amide bonds. The van der Waals surface area contributed by atoms with Crippen molar-refractivity contribution in [3.63, 3.8) is 0 Å². The van der Waals surface area contributed by atoms with Crippen LogP contribution < -0.4 is 0 Å². The van der Waals surface area contributed by atoms with E-state index in [-0.39, 0.29) is 12.5 Å². The van der Waals surface area contributed by atoms with E-state index in [1.807, 2.05) is 20.8 Å². The summed E-state index contributed by atoms with van der Waals surface area (Å²) in [6.07, 6.45) is 0.191. The lowest BCUT2D eigenvalue weighted by atomic mass is 9.86. The minimum Gasteiger partial charge on any atom is -0.444 e. The van der Waals surface area contributed by atoms with Gasteiger partial charge in [0.05, 0.1) is 6.04 Å². The molecule has 2 fully saturated rings. The highest BCUT2D eigenvalue weighted by molar-refractivity contribution is 5.68. The van der Waals surface area contributed by atoms with Gasteiger partial charge in [0.2, 0.25) is 0 Å². The van der Waals surface area contributed by atoms with Crippen molar-refractivity contribution in [3.05, 3.63) is 0 Å². The molecular weight excluding hydrogens is 254 g/mol. The number of piperazine rings is 1. The predicted octanol–water partition coefficient (Wildman–Crippen LogP) is 2.34. The fourth-order valence-corrected chi connectivity index (χ4v) is 2.48. The summed E-state index contributed by atoms with van der Waals surface area (Å²) in [6.45, 7) is 7.37. The van der Waals surface area contributed by atoms with Crippen LogP contribution in [0.2, 0.25) is 0 Å². The minimum absolute atomic E-state index is 0.00997. The summed E-state index contributed by atoms with van der Waals surface area (Å²) >= 11 is 0. The zero-order valence-electron chi connectivity index (χ0n) is 11.8. The Morgan fingerprint density at radius 2 is 1.79 bits per heavy atom. The van der Waals surface area contributed by atoms with Crippen molar-refractivity contribution in [2.75, 3.05) is 26.2 Å². The number of carbonyl (C=O) groups is 1. The van der Waals surface area contributed by atoms with Gasteiger partial charge < -0.3 is 9.64 Å². The van der Waals surface area contributed by atoms with Gasteiger partial charge >= 0.3 is 6.09 Å². The van der Waals surface area contributed by atoms with E-state index >= 15 is 0 Å². The number of amides is 1. The lowest BCUT2D eigenvalue weighted by Gasteiger charge is -2.47. The SMILES string of the molecule is CC(C)(C)OC(=O)N1CCN(C2CCC2(F)F)CC1. The number of halogens is 2. The summed E-state index contributed by atoms with van der Waals surface area (Å²) < 4.78 is 31.9. The van der Waals surface area contributed by atoms with Crippen molar-refractivity contribution in [1.29, 1.82) is 0 Å². The van der Waals surface area contributed by atoms with Crippen molar-refractivity contribution >= 4 is 6.09 Å². The first-order valence-corrected chi connectivity index (χ1v) is 6.79. The second kappa shape index (κ2) is 4.89. The Labute approximate surface area is 112 Å². The highest BCUT2D eigenvalue weighted by Crippen LogP contribution is 2.41. The maximum atomic E-state index is 13.3. The van der Waals surface area contributed by atoms with Crippen LogP contribution in [0.25, 0.3) is 0 Å². The zero-order chi connectivity index (χ0) is 14.3. The molecule has 19 heavy (non-hydrogen) atoms. The Hall–Kier alpha value is -0.910. The summed E-state index contributed by atoms with van der Waals surface area (Å²) in [5.41, 5.74) is -0.519. The molecule has 0 N–H and O–H groups in total. The molecule has 1 aliphatic carbocycles. The molecule has 2 rings (SSSR count). The quantitative estimate of drug-likeness (QED) is 0.737. The molecule has 1 saturated carbocycles. The molecule has 1 heterocycles. The van der Waals surface area contributed by atoms with Crippen LogP contribution in [0.3, 0.4) is 0 Å². The minimum atomic E-state index is -2.55. The van der Waals surface area contributed by atoms with Gasteiger partial charge in [0.15, 0.2) is 0 Å². The monoisotopic (exact) mass is 276 g/mol. The van der Waals surface area contributed by atoms with Crippen molar-refractivity contribution in [2.24, 2.45) is 0 Å². The molecule has 0 aromatic carbocycles. The lowest BCUT2D eigenvalue weighted by Crippen LogP contribution is -2.61. The number of nitrogens with zero attached hydrogens (tertiary/aromatic N) is 2. The first-order valence-electron chi connectivity index (χ1n) is 6.79. The van der Waals surface area contributed by atoms with E-state index < -0.39 is 17.6 Å². The molecule has 1 aliphatic heterocycles.